The number of nitrogens with two attached hydrogens (primary N) is 2. The summed E-state index contributed by atoms with van der Waals surface area (Å²) in [4.78, 5) is 0. The maximum atomic E-state index is 15.2. The predicted molar refractivity (Wildman–Crippen MR) is 113 cm³/mol. The number of ether oxygens (including phenoxy) is 2. The first-order chi connectivity index (χ1) is 17.0. The predicted octanol–water partition coefficient (Wildman–Crippen LogP) is 7.22. The van der Waals surface area contributed by atoms with Crippen molar-refractivity contribution in [3.05, 3.63) is 95.1 Å². The zero-order valence-corrected chi connectivity index (χ0v) is 17.6. The van der Waals surface area contributed by atoms with Crippen molar-refractivity contribution in [3.63, 3.8) is 0 Å². The molecule has 0 aliphatic rings. The van der Waals surface area contributed by atoms with E-state index in [4.69, 9.17) is 20.9 Å². The first kappa shape index (κ1) is 24.6. The van der Waals surface area contributed by atoms with Gasteiger partial charge in [0.1, 0.15) is 11.5 Å². The van der Waals surface area contributed by atoms with Crippen LogP contribution in [0.4, 0.5) is 46.5 Å². The molecule has 12 heteroatoms. The zero-order chi connectivity index (χ0) is 26.3. The molecule has 4 nitrogen and oxygen atoms in total. The molecule has 0 aliphatic heterocycles. The second-order valence-electron chi connectivity index (χ2n) is 7.26. The molecule has 0 amide bonds. The Kier molecular flexibility index (Phi) is 6.35. The standard InChI is InChI=1S/C24H12F8N2O2/c25-15-13(17(27)23(21(31)19(15)29)35-11-5-1-9(33)2-6-11)14-16(26)20(30)22(32)24(18(14)28)36-12-7-3-10(34)4-8-12/h1-8H,33-34H2. The highest BCUT2D eigenvalue weighted by atomic mass is 19.2. The minimum Gasteiger partial charge on any atom is -0.451 e. The summed E-state index contributed by atoms with van der Waals surface area (Å²) >= 11 is 0. The van der Waals surface area contributed by atoms with Gasteiger partial charge in [0.25, 0.3) is 0 Å². The van der Waals surface area contributed by atoms with Gasteiger partial charge in [0.05, 0.1) is 11.1 Å². The molecule has 0 aromatic heterocycles. The van der Waals surface area contributed by atoms with E-state index in [1.807, 2.05) is 0 Å². The molecule has 0 heterocycles. The number of rotatable bonds is 5. The van der Waals surface area contributed by atoms with Crippen molar-refractivity contribution in [2.75, 3.05) is 11.5 Å². The van der Waals surface area contributed by atoms with Crippen LogP contribution in [0.1, 0.15) is 0 Å². The second-order valence-corrected chi connectivity index (χ2v) is 7.26. The van der Waals surface area contributed by atoms with E-state index in [1.54, 1.807) is 0 Å². The molecule has 36 heavy (non-hydrogen) atoms. The number of benzene rings is 4. The van der Waals surface area contributed by atoms with Crippen LogP contribution in [0.5, 0.6) is 23.0 Å². The topological polar surface area (TPSA) is 70.5 Å². The molecule has 4 aromatic rings. The van der Waals surface area contributed by atoms with Crippen molar-refractivity contribution in [2.24, 2.45) is 0 Å². The Hall–Kier alpha value is -4.48. The Morgan fingerprint density at radius 1 is 0.389 bits per heavy atom. The van der Waals surface area contributed by atoms with Gasteiger partial charge in [-0.05, 0) is 48.5 Å². The third-order valence-electron chi connectivity index (χ3n) is 4.90. The average Bonchev–Trinajstić information content (AvgIpc) is 2.86. The minimum atomic E-state index is -2.43. The smallest absolute Gasteiger partial charge is 0.207 e. The van der Waals surface area contributed by atoms with Crippen LogP contribution >= 0.6 is 0 Å². The Morgan fingerprint density at radius 2 is 0.694 bits per heavy atom. The summed E-state index contributed by atoms with van der Waals surface area (Å²) in [7, 11) is 0. The molecular weight excluding hydrogens is 500 g/mol. The minimum absolute atomic E-state index is 0.217. The molecule has 4 rings (SSSR count). The van der Waals surface area contributed by atoms with E-state index >= 15 is 8.78 Å². The SMILES string of the molecule is Nc1ccc(Oc2c(F)c(F)c(F)c(-c3c(F)c(F)c(F)c(Oc4ccc(N)cc4)c3F)c2F)cc1. The van der Waals surface area contributed by atoms with Gasteiger partial charge in [-0.15, -0.1) is 0 Å². The molecule has 0 spiro atoms. The molecule has 0 bridgehead atoms. The normalized spacial score (nSPS) is 11.0. The number of nitrogen functional groups attached to an aromatic ring is 2. The van der Waals surface area contributed by atoms with Crippen LogP contribution in [0, 0.1) is 46.5 Å². The molecule has 0 fully saturated rings. The van der Waals surface area contributed by atoms with Crippen LogP contribution in [0.25, 0.3) is 11.1 Å². The van der Waals surface area contributed by atoms with Crippen molar-refractivity contribution in [1.29, 1.82) is 0 Å². The monoisotopic (exact) mass is 512 g/mol. The van der Waals surface area contributed by atoms with Gasteiger partial charge in [-0.2, -0.15) is 8.78 Å². The Balaban J connectivity index is 1.94. The van der Waals surface area contributed by atoms with E-state index in [9.17, 15) is 26.3 Å². The van der Waals surface area contributed by atoms with E-state index < -0.39 is 69.2 Å². The van der Waals surface area contributed by atoms with E-state index in [2.05, 4.69) is 0 Å². The van der Waals surface area contributed by atoms with Crippen LogP contribution in [0.15, 0.2) is 48.5 Å². The molecular formula is C24H12F8N2O2. The summed E-state index contributed by atoms with van der Waals surface area (Å²) in [5, 5.41) is 0. The third-order valence-corrected chi connectivity index (χ3v) is 4.90. The average molecular weight is 512 g/mol. The van der Waals surface area contributed by atoms with Crippen molar-refractivity contribution in [3.8, 4) is 34.1 Å². The molecule has 4 N–H and O–H groups in total. The number of halogens is 8. The first-order valence-corrected chi connectivity index (χ1v) is 9.80. The van der Waals surface area contributed by atoms with Gasteiger partial charge >= 0.3 is 0 Å². The van der Waals surface area contributed by atoms with Gasteiger partial charge in [-0.25, -0.2) is 26.3 Å². The van der Waals surface area contributed by atoms with Crippen LogP contribution < -0.4 is 20.9 Å². The Bertz CT molecular complexity index is 1360. The fraction of sp³-hybridized carbons (Fsp3) is 0. The van der Waals surface area contributed by atoms with Gasteiger partial charge in [-0.1, -0.05) is 0 Å². The Morgan fingerprint density at radius 3 is 1.00 bits per heavy atom. The van der Waals surface area contributed by atoms with Gasteiger partial charge in [0.2, 0.25) is 23.1 Å². The highest BCUT2D eigenvalue weighted by Crippen LogP contribution is 2.44. The largest absolute Gasteiger partial charge is 0.451 e. The molecule has 0 saturated heterocycles. The first-order valence-electron chi connectivity index (χ1n) is 9.80. The molecule has 0 radical (unpaired) electrons. The lowest BCUT2D eigenvalue weighted by molar-refractivity contribution is 0.361. The lowest BCUT2D eigenvalue weighted by Gasteiger charge is -2.17. The maximum absolute atomic E-state index is 15.2. The number of hydrogen-bond donors (Lipinski definition) is 2. The number of hydrogen-bond acceptors (Lipinski definition) is 4. The fourth-order valence-corrected chi connectivity index (χ4v) is 3.15. The van der Waals surface area contributed by atoms with Crippen molar-refractivity contribution >= 4 is 11.4 Å². The van der Waals surface area contributed by atoms with Crippen molar-refractivity contribution in [2.45, 2.75) is 0 Å². The van der Waals surface area contributed by atoms with E-state index in [0.717, 1.165) is 24.3 Å². The number of anilines is 2. The summed E-state index contributed by atoms with van der Waals surface area (Å²) in [6.45, 7) is 0. The third kappa shape index (κ3) is 4.21. The van der Waals surface area contributed by atoms with Gasteiger partial charge in [0.15, 0.2) is 34.9 Å². The summed E-state index contributed by atoms with van der Waals surface area (Å²) in [6, 6.07) is 9.36. The molecule has 0 unspecified atom stereocenters. The van der Waals surface area contributed by atoms with E-state index in [1.165, 1.54) is 24.3 Å². The summed E-state index contributed by atoms with van der Waals surface area (Å²) in [5.74, 6) is -22.2. The van der Waals surface area contributed by atoms with Crippen LogP contribution in [-0.4, -0.2) is 0 Å². The summed E-state index contributed by atoms with van der Waals surface area (Å²) < 4.78 is 127. The maximum Gasteiger partial charge on any atom is 0.207 e. The molecule has 4 aromatic carbocycles. The molecule has 186 valence electrons. The fourth-order valence-electron chi connectivity index (χ4n) is 3.15. The highest BCUT2D eigenvalue weighted by Gasteiger charge is 2.35. The van der Waals surface area contributed by atoms with Gasteiger partial charge in [0, 0.05) is 11.4 Å². The Labute approximate surface area is 197 Å². The second kappa shape index (κ2) is 9.29. The zero-order valence-electron chi connectivity index (χ0n) is 17.6. The van der Waals surface area contributed by atoms with Crippen LogP contribution in [0.2, 0.25) is 0 Å². The lowest BCUT2D eigenvalue weighted by Crippen LogP contribution is -2.09. The highest BCUT2D eigenvalue weighted by molar-refractivity contribution is 5.71. The van der Waals surface area contributed by atoms with E-state index in [0.29, 0.717) is 0 Å². The lowest BCUT2D eigenvalue weighted by atomic mass is 10.0. The van der Waals surface area contributed by atoms with Gasteiger partial charge in [-0.3, -0.25) is 0 Å². The molecule has 0 saturated carbocycles. The molecule has 0 aliphatic carbocycles. The molecule has 0 atom stereocenters. The summed E-state index contributed by atoms with van der Waals surface area (Å²) in [5.41, 5.74) is 7.58. The van der Waals surface area contributed by atoms with Crippen molar-refractivity contribution < 1.29 is 44.6 Å². The quantitative estimate of drug-likeness (QED) is 0.128. The van der Waals surface area contributed by atoms with Crippen LogP contribution in [-0.2, 0) is 0 Å². The van der Waals surface area contributed by atoms with E-state index in [-0.39, 0.29) is 22.9 Å². The van der Waals surface area contributed by atoms with Gasteiger partial charge < -0.3 is 20.9 Å². The summed E-state index contributed by atoms with van der Waals surface area (Å²) in [6.07, 6.45) is 0. The van der Waals surface area contributed by atoms with Crippen LogP contribution in [0.3, 0.4) is 0 Å². The van der Waals surface area contributed by atoms with Crippen molar-refractivity contribution in [1.82, 2.24) is 0 Å².